The van der Waals surface area contributed by atoms with E-state index in [1.807, 2.05) is 24.3 Å². The molecule has 0 aromatic heterocycles. The molecule has 0 aliphatic rings. The van der Waals surface area contributed by atoms with Crippen LogP contribution in [-0.2, 0) is 6.54 Å². The van der Waals surface area contributed by atoms with E-state index >= 15 is 0 Å². The highest BCUT2D eigenvalue weighted by Crippen LogP contribution is 2.29. The lowest BCUT2D eigenvalue weighted by molar-refractivity contribution is 0.417. The number of nitrogens with one attached hydrogen (secondary N) is 1. The predicted octanol–water partition coefficient (Wildman–Crippen LogP) is 3.04. The van der Waals surface area contributed by atoms with Gasteiger partial charge in [0.1, 0.15) is 11.6 Å². The van der Waals surface area contributed by atoms with Gasteiger partial charge in [0, 0.05) is 17.8 Å². The number of methoxy groups -OCH3 is 1. The van der Waals surface area contributed by atoms with E-state index in [9.17, 15) is 4.39 Å². The molecule has 3 N–H and O–H groups in total. The second kappa shape index (κ2) is 5.51. The summed E-state index contributed by atoms with van der Waals surface area (Å²) < 4.78 is 18.8. The fraction of sp³-hybridized carbons (Fsp3) is 0.143. The van der Waals surface area contributed by atoms with E-state index in [-0.39, 0.29) is 12.4 Å². The van der Waals surface area contributed by atoms with Crippen LogP contribution in [0.1, 0.15) is 5.56 Å². The molecule has 0 spiro atoms. The third kappa shape index (κ3) is 2.43. The normalized spacial score (nSPS) is 10.2. The predicted molar refractivity (Wildman–Crippen MR) is 70.6 cm³/mol. The lowest BCUT2D eigenvalue weighted by atomic mass is 10.1. The smallest absolute Gasteiger partial charge is 0.142 e. The maximum atomic E-state index is 13.6. The molecule has 0 bridgehead atoms. The van der Waals surface area contributed by atoms with E-state index in [1.54, 1.807) is 19.2 Å². The van der Waals surface area contributed by atoms with Gasteiger partial charge in [0.05, 0.1) is 12.8 Å². The quantitative estimate of drug-likeness (QED) is 0.871. The fourth-order valence-corrected chi connectivity index (χ4v) is 1.78. The molecule has 0 atom stereocenters. The number of ether oxygens (including phenoxy) is 1. The van der Waals surface area contributed by atoms with Crippen LogP contribution >= 0.6 is 0 Å². The Labute approximate surface area is 105 Å². The molecule has 0 amide bonds. The van der Waals surface area contributed by atoms with Crippen molar-refractivity contribution in [3.05, 3.63) is 53.8 Å². The number of para-hydroxylation sites is 2. The van der Waals surface area contributed by atoms with Crippen LogP contribution in [0.2, 0.25) is 0 Å². The summed E-state index contributed by atoms with van der Waals surface area (Å²) in [6, 6.07) is 12.3. The highest BCUT2D eigenvalue weighted by Gasteiger charge is 2.08. The van der Waals surface area contributed by atoms with Crippen molar-refractivity contribution in [1.82, 2.24) is 0 Å². The average Bonchev–Trinajstić information content (AvgIpc) is 2.40. The van der Waals surface area contributed by atoms with Crippen LogP contribution in [0.5, 0.6) is 5.75 Å². The number of halogens is 1. The summed E-state index contributed by atoms with van der Waals surface area (Å²) >= 11 is 0. The SMILES string of the molecule is COc1ccccc1Nc1cccc(F)c1CN. The van der Waals surface area contributed by atoms with Gasteiger partial charge in [0.15, 0.2) is 0 Å². The van der Waals surface area contributed by atoms with E-state index in [0.29, 0.717) is 17.0 Å². The lowest BCUT2D eigenvalue weighted by Gasteiger charge is -2.14. The number of rotatable bonds is 4. The molecule has 0 radical (unpaired) electrons. The van der Waals surface area contributed by atoms with Crippen LogP contribution in [-0.4, -0.2) is 7.11 Å². The molecule has 0 aliphatic carbocycles. The summed E-state index contributed by atoms with van der Waals surface area (Å²) in [6.07, 6.45) is 0. The van der Waals surface area contributed by atoms with E-state index in [0.717, 1.165) is 5.69 Å². The minimum Gasteiger partial charge on any atom is -0.495 e. The summed E-state index contributed by atoms with van der Waals surface area (Å²) in [5, 5.41) is 3.14. The molecule has 94 valence electrons. The Morgan fingerprint density at radius 3 is 2.56 bits per heavy atom. The van der Waals surface area contributed by atoms with Gasteiger partial charge in [0.25, 0.3) is 0 Å². The zero-order valence-corrected chi connectivity index (χ0v) is 10.1. The van der Waals surface area contributed by atoms with Crippen molar-refractivity contribution in [1.29, 1.82) is 0 Å². The van der Waals surface area contributed by atoms with Gasteiger partial charge in [-0.05, 0) is 24.3 Å². The van der Waals surface area contributed by atoms with E-state index in [2.05, 4.69) is 5.32 Å². The zero-order valence-electron chi connectivity index (χ0n) is 10.1. The molecule has 2 aromatic carbocycles. The van der Waals surface area contributed by atoms with Gasteiger partial charge in [-0.3, -0.25) is 0 Å². The van der Waals surface area contributed by atoms with Gasteiger partial charge in [-0.2, -0.15) is 0 Å². The third-order valence-electron chi connectivity index (χ3n) is 2.70. The van der Waals surface area contributed by atoms with Gasteiger partial charge in [-0.1, -0.05) is 18.2 Å². The van der Waals surface area contributed by atoms with Crippen molar-refractivity contribution in [3.63, 3.8) is 0 Å². The third-order valence-corrected chi connectivity index (χ3v) is 2.70. The lowest BCUT2D eigenvalue weighted by Crippen LogP contribution is -2.05. The molecule has 2 aromatic rings. The largest absolute Gasteiger partial charge is 0.495 e. The molecule has 0 aliphatic heterocycles. The van der Waals surface area contributed by atoms with Gasteiger partial charge in [-0.25, -0.2) is 4.39 Å². The number of hydrogen-bond donors (Lipinski definition) is 2. The maximum absolute atomic E-state index is 13.6. The molecule has 0 unspecified atom stereocenters. The van der Waals surface area contributed by atoms with E-state index < -0.39 is 0 Å². The van der Waals surface area contributed by atoms with Gasteiger partial charge < -0.3 is 15.8 Å². The van der Waals surface area contributed by atoms with Crippen molar-refractivity contribution in [2.75, 3.05) is 12.4 Å². The molecule has 3 nitrogen and oxygen atoms in total. The standard InChI is InChI=1S/C14H15FN2O/c1-18-14-8-3-2-6-13(14)17-12-7-4-5-11(15)10(12)9-16/h2-8,17H,9,16H2,1H3. The fourth-order valence-electron chi connectivity index (χ4n) is 1.78. The summed E-state index contributed by atoms with van der Waals surface area (Å²) in [4.78, 5) is 0. The van der Waals surface area contributed by atoms with Crippen molar-refractivity contribution in [3.8, 4) is 5.75 Å². The van der Waals surface area contributed by atoms with Crippen LogP contribution in [0, 0.1) is 5.82 Å². The van der Waals surface area contributed by atoms with Gasteiger partial charge in [-0.15, -0.1) is 0 Å². The topological polar surface area (TPSA) is 47.3 Å². The van der Waals surface area contributed by atoms with Gasteiger partial charge >= 0.3 is 0 Å². The van der Waals surface area contributed by atoms with E-state index in [1.165, 1.54) is 6.07 Å². The van der Waals surface area contributed by atoms with Crippen LogP contribution in [0.3, 0.4) is 0 Å². The summed E-state index contributed by atoms with van der Waals surface area (Å²) in [5.41, 5.74) is 7.46. The van der Waals surface area contributed by atoms with Crippen molar-refractivity contribution >= 4 is 11.4 Å². The van der Waals surface area contributed by atoms with Crippen LogP contribution < -0.4 is 15.8 Å². The minimum absolute atomic E-state index is 0.143. The molecule has 0 heterocycles. The van der Waals surface area contributed by atoms with Crippen LogP contribution in [0.25, 0.3) is 0 Å². The monoisotopic (exact) mass is 246 g/mol. The molecule has 4 heteroatoms. The zero-order chi connectivity index (χ0) is 13.0. The van der Waals surface area contributed by atoms with Gasteiger partial charge in [0.2, 0.25) is 0 Å². The Bertz CT molecular complexity index is 543. The summed E-state index contributed by atoms with van der Waals surface area (Å²) in [6.45, 7) is 0.143. The molecular formula is C14H15FN2O. The maximum Gasteiger partial charge on any atom is 0.142 e. The Hall–Kier alpha value is -2.07. The van der Waals surface area contributed by atoms with Crippen molar-refractivity contribution < 1.29 is 9.13 Å². The molecule has 2 rings (SSSR count). The molecule has 0 saturated carbocycles. The number of anilines is 2. The Kier molecular flexibility index (Phi) is 3.79. The van der Waals surface area contributed by atoms with Crippen LogP contribution in [0.4, 0.5) is 15.8 Å². The second-order valence-corrected chi connectivity index (χ2v) is 3.80. The first-order valence-electron chi connectivity index (χ1n) is 5.63. The molecule has 0 fully saturated rings. The summed E-state index contributed by atoms with van der Waals surface area (Å²) in [7, 11) is 1.59. The molecular weight excluding hydrogens is 231 g/mol. The highest BCUT2D eigenvalue weighted by molar-refractivity contribution is 5.68. The molecule has 18 heavy (non-hydrogen) atoms. The van der Waals surface area contributed by atoms with Crippen LogP contribution in [0.15, 0.2) is 42.5 Å². The number of nitrogens with two attached hydrogens (primary N) is 1. The highest BCUT2D eigenvalue weighted by atomic mass is 19.1. The van der Waals surface area contributed by atoms with E-state index in [4.69, 9.17) is 10.5 Å². The number of benzene rings is 2. The Morgan fingerprint density at radius 1 is 1.11 bits per heavy atom. The minimum atomic E-state index is -0.308. The summed E-state index contributed by atoms with van der Waals surface area (Å²) in [5.74, 6) is 0.391. The average molecular weight is 246 g/mol. The second-order valence-electron chi connectivity index (χ2n) is 3.80. The first-order chi connectivity index (χ1) is 8.76. The number of hydrogen-bond acceptors (Lipinski definition) is 3. The Morgan fingerprint density at radius 2 is 1.83 bits per heavy atom. The Balaban J connectivity index is 2.37. The molecule has 0 saturated heterocycles. The van der Waals surface area contributed by atoms with Crippen molar-refractivity contribution in [2.24, 2.45) is 5.73 Å². The van der Waals surface area contributed by atoms with Crippen molar-refractivity contribution in [2.45, 2.75) is 6.54 Å². The first kappa shape index (κ1) is 12.4. The first-order valence-corrected chi connectivity index (χ1v) is 5.63.